The molecule has 23 heavy (non-hydrogen) atoms. The first-order chi connectivity index (χ1) is 11.3. The van der Waals surface area contributed by atoms with Crippen LogP contribution in [0.4, 0.5) is 5.95 Å². The van der Waals surface area contributed by atoms with Crippen molar-refractivity contribution in [3.05, 3.63) is 42.2 Å². The standard InChI is InChI=1S/C13H11N9O/c14-13-15-11-10(18-20-19-11)12(16-13)23-7-8-6-22(21-17-8)9-4-2-1-3-5-9/h1-6H,7H2,(H3,14,15,16,18,19,20). The summed E-state index contributed by atoms with van der Waals surface area (Å²) < 4.78 is 7.29. The molecule has 4 aromatic rings. The predicted molar refractivity (Wildman–Crippen MR) is 79.6 cm³/mol. The van der Waals surface area contributed by atoms with E-state index in [9.17, 15) is 0 Å². The van der Waals surface area contributed by atoms with Crippen molar-refractivity contribution in [3.63, 3.8) is 0 Å². The molecule has 0 atom stereocenters. The predicted octanol–water partition coefficient (Wildman–Crippen LogP) is 0.490. The Bertz CT molecular complexity index is 946. The fourth-order valence-electron chi connectivity index (χ4n) is 2.05. The number of benzene rings is 1. The van der Waals surface area contributed by atoms with E-state index in [0.29, 0.717) is 16.9 Å². The van der Waals surface area contributed by atoms with Crippen LogP contribution in [0, 0.1) is 0 Å². The highest BCUT2D eigenvalue weighted by molar-refractivity contribution is 5.75. The number of H-pyrrole nitrogens is 1. The van der Waals surface area contributed by atoms with Crippen molar-refractivity contribution in [3.8, 4) is 11.6 Å². The van der Waals surface area contributed by atoms with Crippen molar-refractivity contribution >= 4 is 17.1 Å². The smallest absolute Gasteiger partial charge is 0.249 e. The summed E-state index contributed by atoms with van der Waals surface area (Å²) >= 11 is 0. The second kappa shape index (κ2) is 5.33. The summed E-state index contributed by atoms with van der Waals surface area (Å²) in [5.41, 5.74) is 7.93. The van der Waals surface area contributed by atoms with Crippen molar-refractivity contribution in [2.45, 2.75) is 6.61 Å². The van der Waals surface area contributed by atoms with Crippen molar-refractivity contribution in [2.24, 2.45) is 0 Å². The summed E-state index contributed by atoms with van der Waals surface area (Å²) in [6.45, 7) is 0.172. The molecule has 0 saturated heterocycles. The van der Waals surface area contributed by atoms with Gasteiger partial charge in [0.15, 0.2) is 5.52 Å². The molecule has 1 aromatic carbocycles. The minimum Gasteiger partial charge on any atom is -0.469 e. The molecule has 3 aromatic heterocycles. The maximum atomic E-state index is 5.62. The van der Waals surface area contributed by atoms with E-state index < -0.39 is 0 Å². The van der Waals surface area contributed by atoms with Crippen LogP contribution >= 0.6 is 0 Å². The van der Waals surface area contributed by atoms with Crippen LogP contribution in [0.5, 0.6) is 5.88 Å². The van der Waals surface area contributed by atoms with Gasteiger partial charge in [-0.2, -0.15) is 15.2 Å². The molecule has 0 aliphatic heterocycles. The summed E-state index contributed by atoms with van der Waals surface area (Å²) in [5, 5.41) is 18.4. The van der Waals surface area contributed by atoms with Gasteiger partial charge in [0.25, 0.3) is 0 Å². The quantitative estimate of drug-likeness (QED) is 0.556. The van der Waals surface area contributed by atoms with E-state index in [4.69, 9.17) is 10.5 Å². The van der Waals surface area contributed by atoms with Gasteiger partial charge in [-0.05, 0) is 12.1 Å². The highest BCUT2D eigenvalue weighted by atomic mass is 16.5. The van der Waals surface area contributed by atoms with Crippen LogP contribution in [0.2, 0.25) is 0 Å². The number of aromatic amines is 1. The molecule has 0 spiro atoms. The van der Waals surface area contributed by atoms with E-state index in [1.165, 1.54) is 0 Å². The van der Waals surface area contributed by atoms with E-state index >= 15 is 0 Å². The number of nitrogens with one attached hydrogen (secondary N) is 1. The number of rotatable bonds is 4. The fraction of sp³-hybridized carbons (Fsp3) is 0.0769. The van der Waals surface area contributed by atoms with Crippen LogP contribution in [0.3, 0.4) is 0 Å². The molecule has 4 rings (SSSR count). The average molecular weight is 309 g/mol. The Balaban J connectivity index is 1.55. The SMILES string of the molecule is Nc1nc(OCc2cn(-c3ccccc3)nn2)c2n[nH]nc2n1. The number of hydrogen-bond donors (Lipinski definition) is 2. The second-order valence-electron chi connectivity index (χ2n) is 4.66. The number of aromatic nitrogens is 8. The maximum Gasteiger partial charge on any atom is 0.249 e. The maximum absolute atomic E-state index is 5.62. The van der Waals surface area contributed by atoms with E-state index in [-0.39, 0.29) is 18.4 Å². The molecule has 0 radical (unpaired) electrons. The van der Waals surface area contributed by atoms with E-state index in [1.54, 1.807) is 10.9 Å². The molecule has 0 bridgehead atoms. The highest BCUT2D eigenvalue weighted by Crippen LogP contribution is 2.19. The molecule has 0 aliphatic rings. The zero-order valence-electron chi connectivity index (χ0n) is 11.8. The van der Waals surface area contributed by atoms with Crippen LogP contribution in [0.15, 0.2) is 36.5 Å². The first-order valence-electron chi connectivity index (χ1n) is 6.73. The molecule has 0 amide bonds. The number of hydrogen-bond acceptors (Lipinski definition) is 8. The largest absolute Gasteiger partial charge is 0.469 e. The molecular weight excluding hydrogens is 298 g/mol. The number of nitrogens with two attached hydrogens (primary N) is 1. The molecule has 0 aliphatic carbocycles. The minimum absolute atomic E-state index is 0.0642. The third-order valence-electron chi connectivity index (χ3n) is 3.09. The van der Waals surface area contributed by atoms with Gasteiger partial charge in [-0.1, -0.05) is 23.4 Å². The van der Waals surface area contributed by atoms with Gasteiger partial charge in [0.2, 0.25) is 17.5 Å². The van der Waals surface area contributed by atoms with Crippen molar-refractivity contribution in [2.75, 3.05) is 5.73 Å². The van der Waals surface area contributed by atoms with Crippen LogP contribution in [-0.4, -0.2) is 40.4 Å². The number of anilines is 1. The summed E-state index contributed by atoms with van der Waals surface area (Å²) in [6.07, 6.45) is 1.78. The van der Waals surface area contributed by atoms with Gasteiger partial charge in [0.1, 0.15) is 12.3 Å². The Labute approximate surface area is 129 Å². The molecule has 3 heterocycles. The van der Waals surface area contributed by atoms with Crippen molar-refractivity contribution in [1.29, 1.82) is 0 Å². The number of ether oxygens (including phenoxy) is 1. The van der Waals surface area contributed by atoms with E-state index in [0.717, 1.165) is 5.69 Å². The topological polar surface area (TPSA) is 133 Å². The molecule has 114 valence electrons. The summed E-state index contributed by atoms with van der Waals surface area (Å²) in [5.74, 6) is 0.310. The van der Waals surface area contributed by atoms with Crippen molar-refractivity contribution in [1.82, 2.24) is 40.4 Å². The zero-order valence-corrected chi connectivity index (χ0v) is 11.8. The van der Waals surface area contributed by atoms with Crippen LogP contribution in [0.1, 0.15) is 5.69 Å². The molecule has 3 N–H and O–H groups in total. The van der Waals surface area contributed by atoms with E-state index in [1.807, 2.05) is 30.3 Å². The van der Waals surface area contributed by atoms with Gasteiger partial charge in [-0.15, -0.1) is 15.3 Å². The molecule has 10 heteroatoms. The number of nitrogens with zero attached hydrogens (tertiary/aromatic N) is 7. The Morgan fingerprint density at radius 1 is 1.13 bits per heavy atom. The lowest BCUT2D eigenvalue weighted by molar-refractivity contribution is 0.292. The number of fused-ring (bicyclic) bond motifs is 1. The number of para-hydroxylation sites is 1. The Hall–Kier alpha value is -3.56. The van der Waals surface area contributed by atoms with Gasteiger partial charge in [0, 0.05) is 0 Å². The van der Waals surface area contributed by atoms with Gasteiger partial charge < -0.3 is 10.5 Å². The third-order valence-corrected chi connectivity index (χ3v) is 3.09. The molecule has 10 nitrogen and oxygen atoms in total. The monoisotopic (exact) mass is 309 g/mol. The lowest BCUT2D eigenvalue weighted by Crippen LogP contribution is -2.02. The Morgan fingerprint density at radius 2 is 2.00 bits per heavy atom. The van der Waals surface area contributed by atoms with Crippen LogP contribution in [-0.2, 0) is 6.61 Å². The Morgan fingerprint density at radius 3 is 2.87 bits per heavy atom. The summed E-state index contributed by atoms with van der Waals surface area (Å²) in [7, 11) is 0. The molecule has 0 fully saturated rings. The second-order valence-corrected chi connectivity index (χ2v) is 4.66. The van der Waals surface area contributed by atoms with E-state index in [2.05, 4.69) is 35.7 Å². The zero-order chi connectivity index (χ0) is 15.6. The first kappa shape index (κ1) is 13.1. The highest BCUT2D eigenvalue weighted by Gasteiger charge is 2.12. The fourth-order valence-corrected chi connectivity index (χ4v) is 2.05. The normalized spacial score (nSPS) is 11.0. The molecule has 0 saturated carbocycles. The molecular formula is C13H11N9O. The van der Waals surface area contributed by atoms with Crippen LogP contribution in [0.25, 0.3) is 16.9 Å². The van der Waals surface area contributed by atoms with Crippen LogP contribution < -0.4 is 10.5 Å². The Kier molecular flexibility index (Phi) is 3.04. The first-order valence-corrected chi connectivity index (χ1v) is 6.73. The molecule has 0 unspecified atom stereocenters. The van der Waals surface area contributed by atoms with Gasteiger partial charge in [0.05, 0.1) is 11.9 Å². The minimum atomic E-state index is 0.0642. The van der Waals surface area contributed by atoms with Gasteiger partial charge in [-0.25, -0.2) is 4.68 Å². The van der Waals surface area contributed by atoms with Gasteiger partial charge in [-0.3, -0.25) is 0 Å². The summed E-state index contributed by atoms with van der Waals surface area (Å²) in [6, 6.07) is 9.66. The average Bonchev–Trinajstić information content (AvgIpc) is 3.22. The third kappa shape index (κ3) is 2.52. The lowest BCUT2D eigenvalue weighted by atomic mass is 10.3. The van der Waals surface area contributed by atoms with Gasteiger partial charge >= 0.3 is 0 Å². The summed E-state index contributed by atoms with van der Waals surface area (Å²) in [4.78, 5) is 7.97. The lowest BCUT2D eigenvalue weighted by Gasteiger charge is -2.03. The van der Waals surface area contributed by atoms with Crippen molar-refractivity contribution < 1.29 is 4.74 Å². The number of nitrogen functional groups attached to an aromatic ring is 1.